The first-order chi connectivity index (χ1) is 6.75. The Kier molecular flexibility index (Phi) is 3.52. The fourth-order valence-electron chi connectivity index (χ4n) is 1.40. The molecule has 3 nitrogen and oxygen atoms in total. The molecule has 4 N–H and O–H groups in total. The molecule has 0 aliphatic rings. The third-order valence-electron chi connectivity index (χ3n) is 1.99. The van der Waals surface area contributed by atoms with Gasteiger partial charge >= 0.3 is 0 Å². The summed E-state index contributed by atoms with van der Waals surface area (Å²) in [6.07, 6.45) is 0. The Hall–Kier alpha value is -1.74. The van der Waals surface area contributed by atoms with Crippen molar-refractivity contribution in [3.63, 3.8) is 0 Å². The van der Waals surface area contributed by atoms with Crippen LogP contribution in [0, 0.1) is 0 Å². The fourth-order valence-corrected chi connectivity index (χ4v) is 1.40. The van der Waals surface area contributed by atoms with Crippen LogP contribution < -0.4 is 11.5 Å². The standard InChI is InChI=1S/C11H11N3.ClH/c12-11(13)14-10-6-5-8-3-1-2-4-9(8)7-10;/h1-7H,(H4,12,13,14);1H. The molecule has 15 heavy (non-hydrogen) atoms. The number of hydrogen-bond donors (Lipinski definition) is 2. The number of nitrogens with two attached hydrogens (primary N) is 2. The van der Waals surface area contributed by atoms with E-state index >= 15 is 0 Å². The van der Waals surface area contributed by atoms with Crippen LogP contribution in [0.3, 0.4) is 0 Å². The lowest BCUT2D eigenvalue weighted by molar-refractivity contribution is 1.43. The smallest absolute Gasteiger partial charge is 0.191 e. The highest BCUT2D eigenvalue weighted by Crippen LogP contribution is 2.20. The average molecular weight is 222 g/mol. The van der Waals surface area contributed by atoms with E-state index in [1.165, 1.54) is 5.39 Å². The topological polar surface area (TPSA) is 64.4 Å². The molecule has 0 aliphatic carbocycles. The van der Waals surface area contributed by atoms with Gasteiger partial charge in [-0.2, -0.15) is 0 Å². The zero-order chi connectivity index (χ0) is 9.97. The van der Waals surface area contributed by atoms with Crippen LogP contribution in [0.4, 0.5) is 5.69 Å². The Morgan fingerprint density at radius 1 is 0.933 bits per heavy atom. The van der Waals surface area contributed by atoms with Gasteiger partial charge in [0.15, 0.2) is 5.96 Å². The minimum absolute atomic E-state index is 0. The molecule has 0 atom stereocenters. The van der Waals surface area contributed by atoms with Gasteiger partial charge in [0.05, 0.1) is 5.69 Å². The van der Waals surface area contributed by atoms with Crippen LogP contribution in [-0.2, 0) is 0 Å². The van der Waals surface area contributed by atoms with Crippen LogP contribution in [-0.4, -0.2) is 5.96 Å². The maximum absolute atomic E-state index is 5.30. The quantitative estimate of drug-likeness (QED) is 0.573. The van der Waals surface area contributed by atoms with Crippen LogP contribution in [0.15, 0.2) is 47.5 Å². The third-order valence-corrected chi connectivity index (χ3v) is 1.99. The Labute approximate surface area is 94.2 Å². The highest BCUT2D eigenvalue weighted by molar-refractivity contribution is 5.87. The number of fused-ring (bicyclic) bond motifs is 1. The number of halogens is 1. The zero-order valence-electron chi connectivity index (χ0n) is 8.05. The van der Waals surface area contributed by atoms with Crippen LogP contribution in [0.5, 0.6) is 0 Å². The summed E-state index contributed by atoms with van der Waals surface area (Å²) >= 11 is 0. The second-order valence-electron chi connectivity index (χ2n) is 3.07. The fraction of sp³-hybridized carbons (Fsp3) is 0. The van der Waals surface area contributed by atoms with Crippen molar-refractivity contribution in [2.75, 3.05) is 0 Å². The van der Waals surface area contributed by atoms with E-state index in [1.54, 1.807) is 0 Å². The Balaban J connectivity index is 0.00000112. The normalized spacial score (nSPS) is 9.33. The third kappa shape index (κ3) is 2.60. The Bertz CT molecular complexity index is 490. The molecule has 0 saturated carbocycles. The lowest BCUT2D eigenvalue weighted by atomic mass is 10.1. The van der Waals surface area contributed by atoms with E-state index < -0.39 is 0 Å². The van der Waals surface area contributed by atoms with E-state index in [9.17, 15) is 0 Å². The predicted molar refractivity (Wildman–Crippen MR) is 66.7 cm³/mol. The summed E-state index contributed by atoms with van der Waals surface area (Å²) in [5.74, 6) is 0.0836. The van der Waals surface area contributed by atoms with Crippen LogP contribution in [0.25, 0.3) is 10.8 Å². The van der Waals surface area contributed by atoms with Crippen molar-refractivity contribution in [2.24, 2.45) is 16.5 Å². The molecule has 0 aliphatic heterocycles. The van der Waals surface area contributed by atoms with E-state index in [4.69, 9.17) is 11.5 Å². The number of guanidine groups is 1. The summed E-state index contributed by atoms with van der Waals surface area (Å²) in [6.45, 7) is 0. The lowest BCUT2D eigenvalue weighted by Gasteiger charge is -1.98. The van der Waals surface area contributed by atoms with Crippen molar-refractivity contribution in [2.45, 2.75) is 0 Å². The van der Waals surface area contributed by atoms with Crippen molar-refractivity contribution >= 4 is 34.8 Å². The number of rotatable bonds is 1. The van der Waals surface area contributed by atoms with Gasteiger partial charge in [-0.05, 0) is 22.9 Å². The molecule has 0 spiro atoms. The highest BCUT2D eigenvalue weighted by atomic mass is 35.5. The van der Waals surface area contributed by atoms with Gasteiger partial charge in [0, 0.05) is 0 Å². The summed E-state index contributed by atoms with van der Waals surface area (Å²) in [7, 11) is 0. The van der Waals surface area contributed by atoms with E-state index in [-0.39, 0.29) is 18.4 Å². The lowest BCUT2D eigenvalue weighted by Crippen LogP contribution is -2.21. The molecule has 78 valence electrons. The van der Waals surface area contributed by atoms with Crippen molar-refractivity contribution in [3.8, 4) is 0 Å². The molecule has 2 aromatic rings. The van der Waals surface area contributed by atoms with Gasteiger partial charge in [0.25, 0.3) is 0 Å². The molecule has 0 fully saturated rings. The number of nitrogens with zero attached hydrogens (tertiary/aromatic N) is 1. The van der Waals surface area contributed by atoms with Gasteiger partial charge < -0.3 is 11.5 Å². The maximum atomic E-state index is 5.30. The van der Waals surface area contributed by atoms with Gasteiger partial charge in [-0.3, -0.25) is 0 Å². The van der Waals surface area contributed by atoms with Crippen LogP contribution in [0.1, 0.15) is 0 Å². The van der Waals surface area contributed by atoms with Crippen molar-refractivity contribution in [1.82, 2.24) is 0 Å². The maximum Gasteiger partial charge on any atom is 0.191 e. The molecule has 2 rings (SSSR count). The molecule has 0 aromatic heterocycles. The van der Waals surface area contributed by atoms with Gasteiger partial charge in [0.2, 0.25) is 0 Å². The molecule has 0 saturated heterocycles. The molecule has 2 aromatic carbocycles. The SMILES string of the molecule is Cl.NC(N)=Nc1ccc2ccccc2c1. The minimum atomic E-state index is 0. The average Bonchev–Trinajstić information content (AvgIpc) is 2.17. The highest BCUT2D eigenvalue weighted by Gasteiger charge is 1.93. The molecule has 4 heteroatoms. The second-order valence-corrected chi connectivity index (χ2v) is 3.07. The predicted octanol–water partition coefficient (Wildman–Crippen LogP) is 2.17. The number of benzene rings is 2. The summed E-state index contributed by atoms with van der Waals surface area (Å²) in [4.78, 5) is 3.98. The van der Waals surface area contributed by atoms with E-state index in [0.717, 1.165) is 11.1 Å². The largest absolute Gasteiger partial charge is 0.370 e. The zero-order valence-corrected chi connectivity index (χ0v) is 8.87. The Morgan fingerprint density at radius 2 is 1.60 bits per heavy atom. The van der Waals surface area contributed by atoms with Crippen molar-refractivity contribution < 1.29 is 0 Å². The summed E-state index contributed by atoms with van der Waals surface area (Å²) in [5, 5.41) is 2.32. The molecule has 0 bridgehead atoms. The molecular formula is C11H12ClN3. The monoisotopic (exact) mass is 221 g/mol. The van der Waals surface area contributed by atoms with E-state index in [0.29, 0.717) is 0 Å². The summed E-state index contributed by atoms with van der Waals surface area (Å²) < 4.78 is 0. The molecule has 0 amide bonds. The summed E-state index contributed by atoms with van der Waals surface area (Å²) in [5.41, 5.74) is 11.4. The molecular weight excluding hydrogens is 210 g/mol. The van der Waals surface area contributed by atoms with E-state index in [1.807, 2.05) is 36.4 Å². The first kappa shape index (κ1) is 11.3. The molecule has 0 heterocycles. The van der Waals surface area contributed by atoms with E-state index in [2.05, 4.69) is 11.1 Å². The first-order valence-electron chi connectivity index (χ1n) is 4.34. The molecule has 0 unspecified atom stereocenters. The van der Waals surface area contributed by atoms with Gasteiger partial charge in [-0.25, -0.2) is 4.99 Å². The van der Waals surface area contributed by atoms with Gasteiger partial charge in [-0.15, -0.1) is 12.4 Å². The number of aliphatic imine (C=N–C) groups is 1. The summed E-state index contributed by atoms with van der Waals surface area (Å²) in [6, 6.07) is 13.9. The molecule has 0 radical (unpaired) electrons. The minimum Gasteiger partial charge on any atom is -0.370 e. The van der Waals surface area contributed by atoms with Gasteiger partial charge in [-0.1, -0.05) is 30.3 Å². The van der Waals surface area contributed by atoms with Crippen molar-refractivity contribution in [1.29, 1.82) is 0 Å². The first-order valence-corrected chi connectivity index (χ1v) is 4.34. The second kappa shape index (κ2) is 4.66. The van der Waals surface area contributed by atoms with Gasteiger partial charge in [0.1, 0.15) is 0 Å². The Morgan fingerprint density at radius 3 is 2.27 bits per heavy atom. The van der Waals surface area contributed by atoms with Crippen LogP contribution >= 0.6 is 12.4 Å². The van der Waals surface area contributed by atoms with Crippen LogP contribution in [0.2, 0.25) is 0 Å². The number of hydrogen-bond acceptors (Lipinski definition) is 1. The van der Waals surface area contributed by atoms with Crippen molar-refractivity contribution in [3.05, 3.63) is 42.5 Å².